The number of hydrogen-bond acceptors (Lipinski definition) is 13. The Kier molecular flexibility index (Phi) is 13.2. The summed E-state index contributed by atoms with van der Waals surface area (Å²) in [6.45, 7) is 12.4. The lowest BCUT2D eigenvalue weighted by Crippen LogP contribution is -2.50. The number of oxazole rings is 1. The van der Waals surface area contributed by atoms with E-state index in [1.807, 2.05) is 32.6 Å². The maximum absolute atomic E-state index is 14.2. The van der Waals surface area contributed by atoms with Crippen molar-refractivity contribution in [1.82, 2.24) is 25.4 Å². The predicted molar refractivity (Wildman–Crippen MR) is 198 cm³/mol. The molecule has 1 aliphatic carbocycles. The summed E-state index contributed by atoms with van der Waals surface area (Å²) >= 11 is 0. The number of sulfone groups is 1. The second-order valence-electron chi connectivity index (χ2n) is 15.4. The Morgan fingerprint density at radius 2 is 1.75 bits per heavy atom. The Morgan fingerprint density at radius 1 is 1.05 bits per heavy atom. The number of amides is 4. The van der Waals surface area contributed by atoms with Crippen molar-refractivity contribution >= 4 is 45.2 Å². The highest BCUT2D eigenvalue weighted by Crippen LogP contribution is 2.43. The van der Waals surface area contributed by atoms with Gasteiger partial charge in [0.2, 0.25) is 23.6 Å². The summed E-state index contributed by atoms with van der Waals surface area (Å²) in [6.07, 6.45) is 2.61. The van der Waals surface area contributed by atoms with Crippen LogP contribution < -0.4 is 10.6 Å². The highest BCUT2D eigenvalue weighted by molar-refractivity contribution is 7.92. The molecular weight excluding hydrogens is 735 g/mol. The first-order valence-corrected chi connectivity index (χ1v) is 20.8. The molecule has 2 fully saturated rings. The fourth-order valence-electron chi connectivity index (χ4n) is 8.54. The third kappa shape index (κ3) is 9.10. The highest BCUT2D eigenvalue weighted by atomic mass is 32.2. The average molecular weight is 788 g/mol. The number of ether oxygens (including phenoxy) is 1. The van der Waals surface area contributed by atoms with Crippen LogP contribution in [0.3, 0.4) is 0 Å². The molecule has 16 nitrogen and oxygen atoms in total. The minimum atomic E-state index is -3.93. The van der Waals surface area contributed by atoms with Crippen LogP contribution in [-0.4, -0.2) is 126 Å². The first kappa shape index (κ1) is 41.9. The third-order valence-electron chi connectivity index (χ3n) is 11.4. The van der Waals surface area contributed by atoms with Gasteiger partial charge in [0.15, 0.2) is 15.5 Å². The van der Waals surface area contributed by atoms with Gasteiger partial charge in [-0.1, -0.05) is 52.3 Å². The van der Waals surface area contributed by atoms with Crippen molar-refractivity contribution in [3.05, 3.63) is 41.6 Å². The summed E-state index contributed by atoms with van der Waals surface area (Å²) in [5.41, 5.74) is 0.344. The van der Waals surface area contributed by atoms with Crippen molar-refractivity contribution in [1.29, 1.82) is 0 Å². The summed E-state index contributed by atoms with van der Waals surface area (Å²) in [7, 11) is -3.93. The number of cyclic esters (lactones) is 1. The van der Waals surface area contributed by atoms with Gasteiger partial charge in [0, 0.05) is 43.8 Å². The van der Waals surface area contributed by atoms with E-state index < -0.39 is 111 Å². The second kappa shape index (κ2) is 17.3. The number of esters is 1. The number of ketones is 1. The molecule has 9 atom stereocenters. The van der Waals surface area contributed by atoms with E-state index in [2.05, 4.69) is 15.6 Å². The molecule has 1 aromatic heterocycles. The Balaban J connectivity index is 1.49. The lowest BCUT2D eigenvalue weighted by atomic mass is 9.66. The van der Waals surface area contributed by atoms with Crippen LogP contribution in [0.25, 0.3) is 0 Å². The number of fused-ring (bicyclic) bond motifs is 8. The van der Waals surface area contributed by atoms with Crippen LogP contribution in [0.15, 0.2) is 34.5 Å². The number of carbonyl (C=O) groups excluding carboxylic acids is 6. The molecule has 4 unspecified atom stereocenters. The first-order valence-electron chi connectivity index (χ1n) is 19.1. The van der Waals surface area contributed by atoms with E-state index >= 15 is 0 Å². The summed E-state index contributed by atoms with van der Waals surface area (Å²) in [5, 5.41) is 15.2. The van der Waals surface area contributed by atoms with Gasteiger partial charge in [0.05, 0.1) is 35.4 Å². The summed E-state index contributed by atoms with van der Waals surface area (Å²) in [6, 6.07) is -1.50. The maximum atomic E-state index is 14.2. The standard InChI is InChI=1S/C38H53N5O11S/c1-7-42(8-2)13-14-55(51,52)27-11-12-43-33(27)38(50)54-34(20(3)4)21(5)9-10-28(46)39-18-23-15-22(6)30(32-31(23)35(47)41-36(32)48)26(45)16-24(44)17-29-40-25(19-53-29)37(43)49/h9-10,15,19-21,23,26-27,30-34,45H,7-8,11-14,16-18H2,1-6H3,(H,39,46)(H,41,47,48)/b10-9+/t21-,23?,26+,27-,30?,31?,32?,33-,34-/m1/s1. The minimum Gasteiger partial charge on any atom is -0.460 e. The van der Waals surface area contributed by atoms with Gasteiger partial charge in [-0.3, -0.25) is 29.3 Å². The van der Waals surface area contributed by atoms with E-state index in [0.717, 1.165) is 11.2 Å². The molecule has 4 aliphatic rings. The monoisotopic (exact) mass is 787 g/mol. The molecule has 4 amide bonds. The van der Waals surface area contributed by atoms with Gasteiger partial charge >= 0.3 is 5.97 Å². The van der Waals surface area contributed by atoms with Crippen molar-refractivity contribution in [2.75, 3.05) is 38.5 Å². The lowest BCUT2D eigenvalue weighted by molar-refractivity contribution is -0.157. The summed E-state index contributed by atoms with van der Waals surface area (Å²) < 4.78 is 39.2. The number of nitrogens with one attached hydrogen (secondary N) is 2. The minimum absolute atomic E-state index is 0.00325. The molecule has 2 saturated heterocycles. The van der Waals surface area contributed by atoms with Gasteiger partial charge in [0.1, 0.15) is 24.2 Å². The van der Waals surface area contributed by atoms with Crippen molar-refractivity contribution in [2.45, 2.75) is 84.3 Å². The molecule has 17 heteroatoms. The number of nitrogens with zero attached hydrogens (tertiary/aromatic N) is 3. The van der Waals surface area contributed by atoms with Gasteiger partial charge < -0.3 is 29.4 Å². The second-order valence-corrected chi connectivity index (χ2v) is 17.7. The maximum Gasteiger partial charge on any atom is 0.330 e. The molecule has 5 rings (SSSR count). The number of carbonyl (C=O) groups is 6. The average Bonchev–Trinajstić information content (AvgIpc) is 3.86. The van der Waals surface area contributed by atoms with E-state index in [4.69, 9.17) is 9.15 Å². The van der Waals surface area contributed by atoms with E-state index in [-0.39, 0.29) is 49.3 Å². The van der Waals surface area contributed by atoms with E-state index in [1.165, 1.54) is 6.08 Å². The van der Waals surface area contributed by atoms with Crippen molar-refractivity contribution < 1.29 is 51.4 Å². The summed E-state index contributed by atoms with van der Waals surface area (Å²) in [4.78, 5) is 87.8. The molecular formula is C38H53N5O11S. The van der Waals surface area contributed by atoms with Gasteiger partial charge in [-0.25, -0.2) is 18.2 Å². The molecule has 0 radical (unpaired) electrons. The molecule has 3 N–H and O–H groups in total. The summed E-state index contributed by atoms with van der Waals surface area (Å²) in [5.74, 6) is -8.29. The van der Waals surface area contributed by atoms with Crippen LogP contribution in [0, 0.1) is 35.5 Å². The molecule has 0 saturated carbocycles. The number of rotatable bonds is 7. The third-order valence-corrected chi connectivity index (χ3v) is 13.6. The topological polar surface area (TPSA) is 223 Å². The largest absolute Gasteiger partial charge is 0.460 e. The Morgan fingerprint density at radius 3 is 2.42 bits per heavy atom. The van der Waals surface area contributed by atoms with Crippen LogP contribution in [0.5, 0.6) is 0 Å². The van der Waals surface area contributed by atoms with Crippen molar-refractivity contribution in [3.63, 3.8) is 0 Å². The van der Waals surface area contributed by atoms with E-state index in [0.29, 0.717) is 18.7 Å². The Hall–Kier alpha value is -4.22. The molecule has 55 heavy (non-hydrogen) atoms. The quantitative estimate of drug-likeness (QED) is 0.198. The molecule has 0 spiro atoms. The number of aliphatic hydroxyl groups is 1. The highest BCUT2D eigenvalue weighted by Gasteiger charge is 2.54. The SMILES string of the molecule is CCN(CC)CCS(=O)(=O)[C@@H]1CCN2C(=O)c3coc(n3)CC(=O)C[C@H](O)C3C(C)=CC(CNC(=O)/C=C/[C@@H](C)[C@@H](C(C)C)OC(=O)[C@@H]12)C1C(=O)NC(=O)C13. The van der Waals surface area contributed by atoms with Gasteiger partial charge in [0.25, 0.3) is 5.91 Å². The van der Waals surface area contributed by atoms with Gasteiger partial charge in [-0.15, -0.1) is 0 Å². The van der Waals surface area contributed by atoms with Crippen LogP contribution in [0.2, 0.25) is 0 Å². The van der Waals surface area contributed by atoms with Gasteiger partial charge in [-0.2, -0.15) is 0 Å². The van der Waals surface area contributed by atoms with Crippen molar-refractivity contribution in [2.24, 2.45) is 35.5 Å². The normalized spacial score (nSPS) is 31.9. The molecule has 1 aromatic rings. The molecule has 302 valence electrons. The number of Topliss-reactive ketones (excluding diaryl/α,β-unsaturated/α-hetero) is 1. The number of imide groups is 1. The fourth-order valence-corrected chi connectivity index (χ4v) is 10.5. The number of hydrogen-bond donors (Lipinski definition) is 3. The van der Waals surface area contributed by atoms with Crippen LogP contribution in [0.4, 0.5) is 0 Å². The smallest absolute Gasteiger partial charge is 0.330 e. The zero-order valence-electron chi connectivity index (χ0n) is 32.2. The van der Waals surface area contributed by atoms with Crippen LogP contribution in [-0.2, 0) is 45.0 Å². The van der Waals surface area contributed by atoms with Crippen molar-refractivity contribution in [3.8, 4) is 0 Å². The Labute approximate surface area is 321 Å². The molecule has 4 heterocycles. The van der Waals surface area contributed by atoms with Crippen LogP contribution in [0.1, 0.15) is 70.8 Å². The molecule has 4 bridgehead atoms. The number of aromatic nitrogens is 1. The first-order chi connectivity index (χ1) is 26.0. The predicted octanol–water partition coefficient (Wildman–Crippen LogP) is 0.848. The van der Waals surface area contributed by atoms with Gasteiger partial charge in [-0.05, 0) is 38.4 Å². The zero-order valence-corrected chi connectivity index (χ0v) is 33.0. The fraction of sp³-hybridized carbons (Fsp3) is 0.658. The Bertz CT molecular complexity index is 1830. The lowest BCUT2D eigenvalue weighted by Gasteiger charge is -2.37. The van der Waals surface area contributed by atoms with E-state index in [9.17, 15) is 42.3 Å². The zero-order chi connectivity index (χ0) is 40.4. The van der Waals surface area contributed by atoms with Crippen LogP contribution >= 0.6 is 0 Å². The number of aliphatic hydroxyl groups excluding tert-OH is 1. The van der Waals surface area contributed by atoms with E-state index in [1.54, 1.807) is 26.0 Å². The molecule has 0 aromatic carbocycles. The molecule has 3 aliphatic heterocycles.